The lowest BCUT2D eigenvalue weighted by Crippen LogP contribution is -1.92. The Balaban J connectivity index is 0.789. The second kappa shape index (κ2) is 14.3. The van der Waals surface area contributed by atoms with Crippen LogP contribution in [0.5, 0.6) is 0 Å². The fraction of sp³-hybridized carbons (Fsp3) is 0. The summed E-state index contributed by atoms with van der Waals surface area (Å²) in [5.41, 5.74) is 16.9. The van der Waals surface area contributed by atoms with Crippen LogP contribution in [0.1, 0.15) is 0 Å². The van der Waals surface area contributed by atoms with Gasteiger partial charge in [-0.25, -0.2) is 4.98 Å². The molecule has 12 aromatic rings. The second-order valence-electron chi connectivity index (χ2n) is 15.8. The molecule has 0 saturated heterocycles. The fourth-order valence-electron chi connectivity index (χ4n) is 9.19. The molecule has 10 aromatic carbocycles. The molecule has 0 aliphatic heterocycles. The Hall–Kier alpha value is -8.14. The zero-order chi connectivity index (χ0) is 40.3. The van der Waals surface area contributed by atoms with Gasteiger partial charge in [-0.1, -0.05) is 182 Å². The minimum Gasteiger partial charge on any atom is -0.309 e. The predicted octanol–water partition coefficient (Wildman–Crippen LogP) is 15.4. The molecule has 3 nitrogen and oxygen atoms in total. The molecule has 61 heavy (non-hydrogen) atoms. The fourth-order valence-corrected chi connectivity index (χ4v) is 9.19. The van der Waals surface area contributed by atoms with Gasteiger partial charge < -0.3 is 4.57 Å². The van der Waals surface area contributed by atoms with E-state index in [2.05, 4.69) is 223 Å². The number of hydrogen-bond donors (Lipinski definition) is 0. The van der Waals surface area contributed by atoms with Crippen LogP contribution in [0.3, 0.4) is 0 Å². The Morgan fingerprint density at radius 2 is 0.721 bits per heavy atom. The molecule has 0 aliphatic carbocycles. The topological polar surface area (TPSA) is 30.7 Å². The SMILES string of the molecule is c1ccc(-n2c3ccccc3c3cc(-c4cccc(-c5ccc(-c6ccc(-c7ccc(-c8cnc9c%10ccccc%10c%10ccccc%10c9n8)cc7)cc6)cc5)c4)ccc32)cc1. The summed E-state index contributed by atoms with van der Waals surface area (Å²) in [5, 5.41) is 7.18. The Kier molecular flexibility index (Phi) is 8.17. The third-order valence-electron chi connectivity index (χ3n) is 12.3. The smallest absolute Gasteiger partial charge is 0.0979 e. The first-order valence-corrected chi connectivity index (χ1v) is 20.8. The lowest BCUT2D eigenvalue weighted by molar-refractivity contribution is 1.18. The molecule has 0 fully saturated rings. The van der Waals surface area contributed by atoms with Crippen LogP contribution >= 0.6 is 0 Å². The zero-order valence-corrected chi connectivity index (χ0v) is 33.2. The molecule has 0 unspecified atom stereocenters. The molecule has 0 N–H and O–H groups in total. The Bertz CT molecular complexity index is 3570. The molecule has 0 saturated carbocycles. The molecule has 12 rings (SSSR count). The van der Waals surface area contributed by atoms with Crippen LogP contribution in [-0.2, 0) is 0 Å². The van der Waals surface area contributed by atoms with Crippen molar-refractivity contribution in [1.29, 1.82) is 0 Å². The largest absolute Gasteiger partial charge is 0.309 e. The number of benzene rings is 10. The summed E-state index contributed by atoms with van der Waals surface area (Å²) in [6.07, 6.45) is 1.91. The van der Waals surface area contributed by atoms with Crippen LogP contribution in [-0.4, -0.2) is 14.5 Å². The van der Waals surface area contributed by atoms with Gasteiger partial charge in [-0.05, 0) is 91.7 Å². The number of fused-ring (bicyclic) bond motifs is 9. The van der Waals surface area contributed by atoms with Crippen molar-refractivity contribution in [3.8, 4) is 61.5 Å². The standard InChI is InChI=1S/C58H37N3/c1-2-13-47(14-3-1)61-55-20-9-8-17-50(55)53-36-46(33-34-56(53)61)45-12-10-11-44(35-45)42-27-25-40(26-28-42)38-21-23-39(24-22-38)41-29-31-43(32-30-41)54-37-59-57-51-18-6-4-15-48(51)49-16-5-7-19-52(49)58(57)60-54/h1-37H. The van der Waals surface area contributed by atoms with Crippen molar-refractivity contribution in [2.45, 2.75) is 0 Å². The third-order valence-corrected chi connectivity index (χ3v) is 12.3. The summed E-state index contributed by atoms with van der Waals surface area (Å²) < 4.78 is 2.36. The summed E-state index contributed by atoms with van der Waals surface area (Å²) in [6.45, 7) is 0. The van der Waals surface area contributed by atoms with Crippen molar-refractivity contribution in [3.05, 3.63) is 225 Å². The van der Waals surface area contributed by atoms with Gasteiger partial charge in [0.1, 0.15) is 0 Å². The summed E-state index contributed by atoms with van der Waals surface area (Å²) >= 11 is 0. The van der Waals surface area contributed by atoms with Crippen LogP contribution in [0.4, 0.5) is 0 Å². The third kappa shape index (κ3) is 5.98. The first kappa shape index (κ1) is 34.9. The highest BCUT2D eigenvalue weighted by molar-refractivity contribution is 6.23. The van der Waals surface area contributed by atoms with E-state index in [4.69, 9.17) is 9.97 Å². The maximum atomic E-state index is 5.18. The molecule has 0 atom stereocenters. The highest BCUT2D eigenvalue weighted by Crippen LogP contribution is 2.37. The van der Waals surface area contributed by atoms with Crippen LogP contribution in [0.15, 0.2) is 225 Å². The van der Waals surface area contributed by atoms with Gasteiger partial charge in [-0.2, -0.15) is 0 Å². The summed E-state index contributed by atoms with van der Waals surface area (Å²) in [5.74, 6) is 0. The minimum atomic E-state index is 0.870. The van der Waals surface area contributed by atoms with Gasteiger partial charge in [-0.15, -0.1) is 0 Å². The molecule has 0 spiro atoms. The molecule has 0 radical (unpaired) electrons. The van der Waals surface area contributed by atoms with Gasteiger partial charge in [0.05, 0.1) is 34.0 Å². The maximum absolute atomic E-state index is 5.18. The van der Waals surface area contributed by atoms with E-state index in [1.807, 2.05) is 6.20 Å². The lowest BCUT2D eigenvalue weighted by Gasteiger charge is -2.11. The van der Waals surface area contributed by atoms with E-state index >= 15 is 0 Å². The van der Waals surface area contributed by atoms with Crippen molar-refractivity contribution < 1.29 is 0 Å². The average Bonchev–Trinajstić information content (AvgIpc) is 3.68. The van der Waals surface area contributed by atoms with Crippen molar-refractivity contribution >= 4 is 54.4 Å². The molecule has 284 valence electrons. The van der Waals surface area contributed by atoms with Crippen LogP contribution in [0, 0.1) is 0 Å². The van der Waals surface area contributed by atoms with Crippen molar-refractivity contribution in [2.24, 2.45) is 0 Å². The van der Waals surface area contributed by atoms with E-state index in [-0.39, 0.29) is 0 Å². The molecule has 0 aliphatic rings. The summed E-state index contributed by atoms with van der Waals surface area (Å²) in [6, 6.07) is 78.5. The van der Waals surface area contributed by atoms with E-state index in [1.165, 1.54) is 77.2 Å². The first-order valence-electron chi connectivity index (χ1n) is 20.8. The quantitative estimate of drug-likeness (QED) is 0.158. The summed E-state index contributed by atoms with van der Waals surface area (Å²) in [7, 11) is 0. The molecule has 0 bridgehead atoms. The van der Waals surface area contributed by atoms with Crippen molar-refractivity contribution in [3.63, 3.8) is 0 Å². The highest BCUT2D eigenvalue weighted by atomic mass is 15.0. The van der Waals surface area contributed by atoms with Crippen LogP contribution in [0.2, 0.25) is 0 Å². The Morgan fingerprint density at radius 3 is 1.34 bits per heavy atom. The van der Waals surface area contributed by atoms with Gasteiger partial charge in [0, 0.05) is 32.8 Å². The molecular formula is C58H37N3. The monoisotopic (exact) mass is 775 g/mol. The second-order valence-corrected chi connectivity index (χ2v) is 15.8. The molecule has 0 amide bonds. The highest BCUT2D eigenvalue weighted by Gasteiger charge is 2.15. The minimum absolute atomic E-state index is 0.870. The number of rotatable bonds is 6. The summed E-state index contributed by atoms with van der Waals surface area (Å²) in [4.78, 5) is 10.1. The van der Waals surface area contributed by atoms with Crippen molar-refractivity contribution in [2.75, 3.05) is 0 Å². The Labute approximate surface area is 353 Å². The number of aromatic nitrogens is 3. The zero-order valence-electron chi connectivity index (χ0n) is 33.2. The maximum Gasteiger partial charge on any atom is 0.0979 e. The first-order chi connectivity index (χ1) is 30.2. The van der Waals surface area contributed by atoms with E-state index < -0.39 is 0 Å². The van der Waals surface area contributed by atoms with E-state index in [1.54, 1.807) is 0 Å². The van der Waals surface area contributed by atoms with Gasteiger partial charge in [-0.3, -0.25) is 4.98 Å². The number of para-hydroxylation sites is 2. The number of hydrogen-bond acceptors (Lipinski definition) is 2. The van der Waals surface area contributed by atoms with E-state index in [0.717, 1.165) is 38.6 Å². The van der Waals surface area contributed by atoms with Crippen molar-refractivity contribution in [1.82, 2.24) is 14.5 Å². The van der Waals surface area contributed by atoms with Gasteiger partial charge >= 0.3 is 0 Å². The molecule has 2 heterocycles. The van der Waals surface area contributed by atoms with Gasteiger partial charge in [0.2, 0.25) is 0 Å². The molecular weight excluding hydrogens is 739 g/mol. The van der Waals surface area contributed by atoms with Crippen LogP contribution < -0.4 is 0 Å². The molecule has 2 aromatic heterocycles. The van der Waals surface area contributed by atoms with Gasteiger partial charge in [0.15, 0.2) is 0 Å². The van der Waals surface area contributed by atoms with Gasteiger partial charge in [0.25, 0.3) is 0 Å². The molecule has 3 heteroatoms. The predicted molar refractivity (Wildman–Crippen MR) is 256 cm³/mol. The number of nitrogens with zero attached hydrogens (tertiary/aromatic N) is 3. The Morgan fingerprint density at radius 1 is 0.279 bits per heavy atom. The average molecular weight is 776 g/mol. The normalized spacial score (nSPS) is 11.6. The van der Waals surface area contributed by atoms with E-state index in [9.17, 15) is 0 Å². The van der Waals surface area contributed by atoms with Crippen LogP contribution in [0.25, 0.3) is 116 Å². The lowest BCUT2D eigenvalue weighted by atomic mass is 9.95. The van der Waals surface area contributed by atoms with E-state index in [0.29, 0.717) is 0 Å².